The van der Waals surface area contributed by atoms with Crippen molar-refractivity contribution in [1.29, 1.82) is 0 Å². The van der Waals surface area contributed by atoms with Gasteiger partial charge in [0.1, 0.15) is 11.5 Å². The molecule has 0 saturated heterocycles. The van der Waals surface area contributed by atoms with E-state index in [0.29, 0.717) is 0 Å². The molecule has 0 aliphatic rings. The number of furan rings is 1. The fraction of sp³-hybridized carbons (Fsp3) is 0.0952. The first-order valence-electron chi connectivity index (χ1n) is 8.47. The van der Waals surface area contributed by atoms with Gasteiger partial charge in [-0.2, -0.15) is 26.3 Å². The van der Waals surface area contributed by atoms with Crippen molar-refractivity contribution in [3.8, 4) is 11.3 Å². The third kappa shape index (κ3) is 4.91. The molecule has 0 aliphatic heterocycles. The first-order valence-corrected chi connectivity index (χ1v) is 8.47. The van der Waals surface area contributed by atoms with E-state index in [0.717, 1.165) is 30.4 Å². The van der Waals surface area contributed by atoms with Gasteiger partial charge in [0, 0.05) is 11.6 Å². The van der Waals surface area contributed by atoms with E-state index in [1.807, 2.05) is 0 Å². The molecule has 1 N–H and O–H groups in total. The molecule has 1 amide bonds. The minimum absolute atomic E-state index is 0.0567. The van der Waals surface area contributed by atoms with Crippen molar-refractivity contribution in [2.24, 2.45) is 0 Å². The first-order chi connectivity index (χ1) is 14.1. The molecular weight excluding hydrogens is 412 g/mol. The molecule has 3 nitrogen and oxygen atoms in total. The van der Waals surface area contributed by atoms with Crippen molar-refractivity contribution in [1.82, 2.24) is 0 Å². The van der Waals surface area contributed by atoms with Crippen LogP contribution in [0.15, 0.2) is 71.2 Å². The highest BCUT2D eigenvalue weighted by Gasteiger charge is 2.34. The highest BCUT2D eigenvalue weighted by molar-refractivity contribution is 6.02. The molecule has 30 heavy (non-hydrogen) atoms. The van der Waals surface area contributed by atoms with Crippen molar-refractivity contribution in [3.63, 3.8) is 0 Å². The Morgan fingerprint density at radius 2 is 1.40 bits per heavy atom. The number of para-hydroxylation sites is 1. The summed E-state index contributed by atoms with van der Waals surface area (Å²) in [5.41, 5.74) is -2.47. The number of benzene rings is 2. The number of carbonyl (C=O) groups is 1. The van der Waals surface area contributed by atoms with Gasteiger partial charge in [-0.05, 0) is 36.4 Å². The molecule has 9 heteroatoms. The molecule has 0 radical (unpaired) electrons. The van der Waals surface area contributed by atoms with E-state index < -0.39 is 35.1 Å². The topological polar surface area (TPSA) is 42.2 Å². The van der Waals surface area contributed by atoms with Gasteiger partial charge in [0.05, 0.1) is 16.8 Å². The van der Waals surface area contributed by atoms with Crippen molar-refractivity contribution in [2.45, 2.75) is 12.4 Å². The number of hydrogen-bond acceptors (Lipinski definition) is 2. The monoisotopic (exact) mass is 425 g/mol. The molecule has 1 aromatic heterocycles. The van der Waals surface area contributed by atoms with Crippen LogP contribution < -0.4 is 5.32 Å². The number of alkyl halides is 6. The summed E-state index contributed by atoms with van der Waals surface area (Å²) in [5, 5.41) is 2.12. The van der Waals surface area contributed by atoms with Crippen LogP contribution in [0.3, 0.4) is 0 Å². The van der Waals surface area contributed by atoms with Gasteiger partial charge in [-0.3, -0.25) is 4.79 Å². The molecule has 3 aromatic rings. The zero-order valence-electron chi connectivity index (χ0n) is 15.0. The van der Waals surface area contributed by atoms with Crippen LogP contribution in [-0.4, -0.2) is 5.91 Å². The molecule has 0 aliphatic carbocycles. The van der Waals surface area contributed by atoms with E-state index in [1.54, 1.807) is 0 Å². The average molecular weight is 425 g/mol. The number of hydrogen-bond donors (Lipinski definition) is 1. The second-order valence-electron chi connectivity index (χ2n) is 6.11. The third-order valence-electron chi connectivity index (χ3n) is 4.01. The first kappa shape index (κ1) is 21.2. The maximum atomic E-state index is 13.1. The minimum Gasteiger partial charge on any atom is -0.457 e. The smallest absolute Gasteiger partial charge is 0.418 e. The van der Waals surface area contributed by atoms with Gasteiger partial charge < -0.3 is 9.73 Å². The third-order valence-corrected chi connectivity index (χ3v) is 4.01. The lowest BCUT2D eigenvalue weighted by atomic mass is 10.1. The highest BCUT2D eigenvalue weighted by atomic mass is 19.4. The lowest BCUT2D eigenvalue weighted by molar-refractivity contribution is -0.137. The molecule has 0 fully saturated rings. The summed E-state index contributed by atoms with van der Waals surface area (Å²) in [6.45, 7) is 0. The lowest BCUT2D eigenvalue weighted by Gasteiger charge is -2.12. The summed E-state index contributed by atoms with van der Waals surface area (Å²) in [7, 11) is 0. The van der Waals surface area contributed by atoms with Crippen LogP contribution in [0.2, 0.25) is 0 Å². The van der Waals surface area contributed by atoms with E-state index in [9.17, 15) is 31.1 Å². The largest absolute Gasteiger partial charge is 0.457 e. The number of nitrogens with one attached hydrogen (secondary N) is 1. The van der Waals surface area contributed by atoms with Gasteiger partial charge in [0.25, 0.3) is 0 Å². The Morgan fingerprint density at radius 3 is 2.07 bits per heavy atom. The summed E-state index contributed by atoms with van der Waals surface area (Å²) < 4.78 is 83.6. The second-order valence-corrected chi connectivity index (χ2v) is 6.11. The number of halogens is 6. The highest BCUT2D eigenvalue weighted by Crippen LogP contribution is 2.37. The van der Waals surface area contributed by atoms with Gasteiger partial charge >= 0.3 is 12.4 Å². The van der Waals surface area contributed by atoms with Crippen LogP contribution in [0.25, 0.3) is 17.4 Å². The second kappa shape index (κ2) is 8.10. The fourth-order valence-electron chi connectivity index (χ4n) is 2.70. The summed E-state index contributed by atoms with van der Waals surface area (Å²) in [6, 6.07) is 12.0. The van der Waals surface area contributed by atoms with Crippen molar-refractivity contribution in [3.05, 3.63) is 83.6 Å². The summed E-state index contributed by atoms with van der Waals surface area (Å²) >= 11 is 0. The van der Waals surface area contributed by atoms with Gasteiger partial charge in [-0.1, -0.05) is 30.3 Å². The molecule has 2 aromatic carbocycles. The van der Waals surface area contributed by atoms with Crippen LogP contribution in [0.4, 0.5) is 32.0 Å². The number of amides is 1. The molecule has 0 saturated carbocycles. The molecule has 0 spiro atoms. The number of anilines is 1. The molecular formula is C21H13F6NO2. The molecule has 0 bridgehead atoms. The van der Waals surface area contributed by atoms with E-state index in [2.05, 4.69) is 5.32 Å². The Morgan fingerprint density at radius 1 is 0.800 bits per heavy atom. The fourth-order valence-corrected chi connectivity index (χ4v) is 2.70. The molecule has 1 heterocycles. The van der Waals surface area contributed by atoms with E-state index in [4.69, 9.17) is 4.42 Å². The minimum atomic E-state index is -4.64. The maximum Gasteiger partial charge on any atom is 0.418 e. The zero-order chi connectivity index (χ0) is 21.9. The van der Waals surface area contributed by atoms with Crippen molar-refractivity contribution >= 4 is 17.7 Å². The number of rotatable bonds is 4. The molecule has 0 atom stereocenters. The molecule has 156 valence electrons. The predicted octanol–water partition coefficient (Wildman–Crippen LogP) is 6.64. The van der Waals surface area contributed by atoms with Crippen LogP contribution >= 0.6 is 0 Å². The summed E-state index contributed by atoms with van der Waals surface area (Å²) in [5.74, 6) is -0.869. The standard InChI is InChI=1S/C21H13F6NO2/c22-20(23,24)15-6-2-1-5-14(15)18-11-9-13(30-18)10-12-19(29)28-17-8-4-3-7-16(17)21(25,26)27/h1-12H,(H,28,29)/b12-10+. The van der Waals surface area contributed by atoms with Gasteiger partial charge in [0.2, 0.25) is 5.91 Å². The lowest BCUT2D eigenvalue weighted by Crippen LogP contribution is -2.14. The van der Waals surface area contributed by atoms with E-state index >= 15 is 0 Å². The average Bonchev–Trinajstić information content (AvgIpc) is 3.14. The van der Waals surface area contributed by atoms with Crippen molar-refractivity contribution < 1.29 is 35.6 Å². The van der Waals surface area contributed by atoms with Crippen molar-refractivity contribution in [2.75, 3.05) is 5.32 Å². The molecule has 0 unspecified atom stereocenters. The summed E-state index contributed by atoms with van der Waals surface area (Å²) in [4.78, 5) is 12.0. The maximum absolute atomic E-state index is 13.1. The van der Waals surface area contributed by atoms with E-state index in [-0.39, 0.29) is 17.1 Å². The van der Waals surface area contributed by atoms with Crippen LogP contribution in [0.1, 0.15) is 16.9 Å². The predicted molar refractivity (Wildman–Crippen MR) is 98.3 cm³/mol. The van der Waals surface area contributed by atoms with Crippen LogP contribution in [0, 0.1) is 0 Å². The Balaban J connectivity index is 1.77. The van der Waals surface area contributed by atoms with E-state index in [1.165, 1.54) is 42.5 Å². The van der Waals surface area contributed by atoms with Gasteiger partial charge in [-0.25, -0.2) is 0 Å². The zero-order valence-corrected chi connectivity index (χ0v) is 15.0. The normalized spacial score (nSPS) is 12.3. The Hall–Kier alpha value is -3.49. The Bertz CT molecular complexity index is 1080. The molecule has 3 rings (SSSR count). The summed E-state index contributed by atoms with van der Waals surface area (Å²) in [6.07, 6.45) is -7.16. The Labute approximate surface area is 166 Å². The van der Waals surface area contributed by atoms with Crippen LogP contribution in [0.5, 0.6) is 0 Å². The van der Waals surface area contributed by atoms with Crippen LogP contribution in [-0.2, 0) is 17.1 Å². The quantitative estimate of drug-likeness (QED) is 0.376. The van der Waals surface area contributed by atoms with Gasteiger partial charge in [-0.15, -0.1) is 0 Å². The van der Waals surface area contributed by atoms with Gasteiger partial charge in [0.15, 0.2) is 0 Å². The SMILES string of the molecule is O=C(/C=C/c1ccc(-c2ccccc2C(F)(F)F)o1)Nc1ccccc1C(F)(F)F. The number of carbonyl (C=O) groups excluding carboxylic acids is 1. The Kier molecular flexibility index (Phi) is 5.73.